The third kappa shape index (κ3) is 7.79. The number of ether oxygens (including phenoxy) is 3. The van der Waals surface area contributed by atoms with E-state index in [0.29, 0.717) is 74.6 Å². The molecule has 1 amide bonds. The minimum atomic E-state index is -2.91. The maximum absolute atomic E-state index is 14.4. The average molecular weight is 674 g/mol. The van der Waals surface area contributed by atoms with Gasteiger partial charge in [0.15, 0.2) is 6.29 Å². The van der Waals surface area contributed by atoms with Gasteiger partial charge in [-0.2, -0.15) is 0 Å². The molecule has 1 N–H and O–H groups in total. The van der Waals surface area contributed by atoms with Gasteiger partial charge in [0.1, 0.15) is 18.1 Å². The fourth-order valence-corrected chi connectivity index (χ4v) is 6.39. The summed E-state index contributed by atoms with van der Waals surface area (Å²) in [6, 6.07) is 8.58. The Morgan fingerprint density at radius 2 is 1.85 bits per heavy atom. The molecule has 10 nitrogen and oxygen atoms in total. The number of imidazole rings is 1. The van der Waals surface area contributed by atoms with Crippen LogP contribution in [0.5, 0.6) is 5.88 Å². The van der Waals surface area contributed by atoms with Crippen LogP contribution in [0.15, 0.2) is 53.6 Å². The number of rotatable bonds is 11. The van der Waals surface area contributed by atoms with Crippen LogP contribution in [0.3, 0.4) is 0 Å². The van der Waals surface area contributed by atoms with Crippen LogP contribution in [-0.2, 0) is 16.0 Å². The highest BCUT2D eigenvalue weighted by Gasteiger charge is 2.27. The largest absolute Gasteiger partial charge is 0.475 e. The summed E-state index contributed by atoms with van der Waals surface area (Å²) in [4.78, 5) is 34.6. The fourth-order valence-electron chi connectivity index (χ4n) is 6.23. The van der Waals surface area contributed by atoms with Gasteiger partial charge in [-0.25, -0.2) is 22.9 Å². The predicted octanol–water partition coefficient (Wildman–Crippen LogP) is 6.22. The van der Waals surface area contributed by atoms with Crippen LogP contribution in [0.1, 0.15) is 67.4 Å². The Morgan fingerprint density at radius 3 is 2.57 bits per heavy atom. The normalized spacial score (nSPS) is 20.1. The van der Waals surface area contributed by atoms with Crippen molar-refractivity contribution in [1.29, 1.82) is 0 Å². The molecule has 250 valence electrons. The molecule has 2 fully saturated rings. The van der Waals surface area contributed by atoms with E-state index >= 15 is 0 Å². The summed E-state index contributed by atoms with van der Waals surface area (Å²) in [7, 11) is 0. The molecule has 0 radical (unpaired) electrons. The molecule has 6 rings (SSSR count). The summed E-state index contributed by atoms with van der Waals surface area (Å²) in [6.45, 7) is 1.71. The fraction of sp³-hybridized carbons (Fsp3) is 0.455. The van der Waals surface area contributed by atoms with E-state index < -0.39 is 23.8 Å². The van der Waals surface area contributed by atoms with Crippen molar-refractivity contribution in [1.82, 2.24) is 24.4 Å². The number of benzene rings is 1. The van der Waals surface area contributed by atoms with Crippen molar-refractivity contribution < 1.29 is 32.2 Å². The highest BCUT2D eigenvalue weighted by atomic mass is 35.5. The first-order valence-electron chi connectivity index (χ1n) is 15.7. The van der Waals surface area contributed by atoms with E-state index in [2.05, 4.69) is 15.3 Å². The Bertz CT molecular complexity index is 1750. The van der Waals surface area contributed by atoms with Gasteiger partial charge >= 0.3 is 5.69 Å². The molecule has 2 aliphatic rings. The molecule has 1 saturated carbocycles. The average Bonchev–Trinajstić information content (AvgIpc) is 3.34. The number of hydrogen-bond donors (Lipinski definition) is 1. The van der Waals surface area contributed by atoms with Crippen molar-refractivity contribution in [3.05, 3.63) is 81.4 Å². The highest BCUT2D eigenvalue weighted by Crippen LogP contribution is 2.29. The molecule has 1 aliphatic carbocycles. The van der Waals surface area contributed by atoms with Crippen molar-refractivity contribution >= 4 is 28.5 Å². The van der Waals surface area contributed by atoms with Crippen LogP contribution in [0.2, 0.25) is 5.02 Å². The van der Waals surface area contributed by atoms with Crippen LogP contribution >= 0.6 is 11.6 Å². The van der Waals surface area contributed by atoms with E-state index in [9.17, 15) is 22.8 Å². The van der Waals surface area contributed by atoms with Gasteiger partial charge in [0.2, 0.25) is 5.88 Å². The van der Waals surface area contributed by atoms with Crippen LogP contribution in [0, 0.1) is 11.7 Å². The van der Waals surface area contributed by atoms with Crippen LogP contribution < -0.4 is 15.7 Å². The van der Waals surface area contributed by atoms with E-state index in [0.717, 1.165) is 25.5 Å². The summed E-state index contributed by atoms with van der Waals surface area (Å²) in [6.07, 6.45) is 5.00. The molecule has 4 aromatic rings. The molecule has 47 heavy (non-hydrogen) atoms. The summed E-state index contributed by atoms with van der Waals surface area (Å²) in [5, 5.41) is 2.92. The second-order valence-electron chi connectivity index (χ2n) is 11.8. The van der Waals surface area contributed by atoms with Crippen LogP contribution in [0.4, 0.5) is 13.2 Å². The topological polar surface area (TPSA) is 110 Å². The van der Waals surface area contributed by atoms with E-state index in [4.69, 9.17) is 25.8 Å². The number of amides is 1. The van der Waals surface area contributed by atoms with Crippen LogP contribution in [0.25, 0.3) is 16.7 Å². The maximum Gasteiger partial charge on any atom is 0.333 e. The lowest BCUT2D eigenvalue weighted by Crippen LogP contribution is -2.39. The SMILES string of the molecule is O=C(N[C@H]1CC[C@H](Cn2c(=O)n(-c3ccc(OCCOC4CCCCO4)nc3)c3ccc(F)cc32)CC1)c1cc(Cl)cnc1C(F)F. The molecule has 0 spiro atoms. The van der Waals surface area contributed by atoms with E-state index in [-0.39, 0.29) is 34.5 Å². The quantitative estimate of drug-likeness (QED) is 0.188. The minimum Gasteiger partial charge on any atom is -0.475 e. The van der Waals surface area contributed by atoms with Crippen molar-refractivity contribution in [2.24, 2.45) is 5.92 Å². The molecule has 1 aromatic carbocycles. The first-order chi connectivity index (χ1) is 22.8. The highest BCUT2D eigenvalue weighted by molar-refractivity contribution is 6.30. The first-order valence-corrected chi connectivity index (χ1v) is 16.1. The Kier molecular flexibility index (Phi) is 10.4. The first kappa shape index (κ1) is 33.0. The van der Waals surface area contributed by atoms with Gasteiger partial charge in [0.25, 0.3) is 12.3 Å². The van der Waals surface area contributed by atoms with Crippen LogP contribution in [-0.4, -0.2) is 57.2 Å². The Balaban J connectivity index is 1.10. The summed E-state index contributed by atoms with van der Waals surface area (Å²) in [5.74, 6) is -0.662. The van der Waals surface area contributed by atoms with Gasteiger partial charge in [0, 0.05) is 31.5 Å². The van der Waals surface area contributed by atoms with E-state index in [1.807, 2.05) is 0 Å². The molecule has 1 atom stereocenters. The molecule has 4 heterocycles. The van der Waals surface area contributed by atoms with Gasteiger partial charge in [-0.1, -0.05) is 11.6 Å². The summed E-state index contributed by atoms with van der Waals surface area (Å²) >= 11 is 5.90. The monoisotopic (exact) mass is 673 g/mol. The number of halogens is 4. The number of fused-ring (bicyclic) bond motifs is 1. The van der Waals surface area contributed by atoms with E-state index in [1.54, 1.807) is 22.8 Å². The molecule has 0 bridgehead atoms. The molecule has 14 heteroatoms. The lowest BCUT2D eigenvalue weighted by molar-refractivity contribution is -0.165. The number of pyridine rings is 2. The number of nitrogens with one attached hydrogen (secondary N) is 1. The predicted molar refractivity (Wildman–Crippen MR) is 168 cm³/mol. The Labute approximate surface area is 273 Å². The van der Waals surface area contributed by atoms with Crippen molar-refractivity contribution in [2.45, 2.75) is 70.2 Å². The Morgan fingerprint density at radius 1 is 1.02 bits per heavy atom. The Hall–Kier alpha value is -3.94. The molecular formula is C33H35ClF3N5O5. The summed E-state index contributed by atoms with van der Waals surface area (Å²) < 4.78 is 61.2. The van der Waals surface area contributed by atoms with Gasteiger partial charge < -0.3 is 19.5 Å². The summed E-state index contributed by atoms with van der Waals surface area (Å²) in [5.41, 5.74) is 0.319. The van der Waals surface area contributed by atoms with Gasteiger partial charge in [0.05, 0.1) is 40.1 Å². The third-order valence-electron chi connectivity index (χ3n) is 8.60. The van der Waals surface area contributed by atoms with Gasteiger partial charge in [-0.05, 0) is 81.2 Å². The lowest BCUT2D eigenvalue weighted by atomic mass is 9.85. The van der Waals surface area contributed by atoms with Crippen molar-refractivity contribution in [2.75, 3.05) is 19.8 Å². The zero-order valence-corrected chi connectivity index (χ0v) is 26.3. The zero-order chi connectivity index (χ0) is 32.9. The van der Waals surface area contributed by atoms with Crippen molar-refractivity contribution in [3.8, 4) is 11.6 Å². The number of aromatic nitrogens is 4. The lowest BCUT2D eigenvalue weighted by Gasteiger charge is -2.29. The third-order valence-corrected chi connectivity index (χ3v) is 8.81. The van der Waals surface area contributed by atoms with Crippen molar-refractivity contribution in [3.63, 3.8) is 0 Å². The second kappa shape index (κ2) is 14.9. The zero-order valence-electron chi connectivity index (χ0n) is 25.5. The molecule has 1 aliphatic heterocycles. The number of carbonyl (C=O) groups is 1. The number of hydrogen-bond acceptors (Lipinski definition) is 7. The molecule has 1 saturated heterocycles. The van der Waals surface area contributed by atoms with Gasteiger partial charge in [-0.3, -0.25) is 18.9 Å². The maximum atomic E-state index is 14.4. The number of nitrogens with zero attached hydrogens (tertiary/aromatic N) is 4. The molecular weight excluding hydrogens is 639 g/mol. The molecule has 3 aromatic heterocycles. The van der Waals surface area contributed by atoms with E-state index in [1.165, 1.54) is 29.0 Å². The molecule has 1 unspecified atom stereocenters. The smallest absolute Gasteiger partial charge is 0.333 e. The number of carbonyl (C=O) groups excluding carboxylic acids is 1. The number of alkyl halides is 2. The standard InChI is InChI=1S/C33H35ClF3N5O5/c34-21-15-25(30(31(36)37)39-17-21)32(43)40-23-7-4-20(5-8-23)19-41-27-16-22(35)6-10-26(27)42(33(41)44)24-9-11-28(38-18-24)45-13-14-47-29-3-1-2-12-46-29/h6,9-11,15-18,20,23,29,31H,1-5,7-8,12-14,19H2,(H,40,43)/t20-,23-,29?. The second-order valence-corrected chi connectivity index (χ2v) is 12.2. The minimum absolute atomic E-state index is 0.0720. The van der Waals surface area contributed by atoms with Gasteiger partial charge in [-0.15, -0.1) is 0 Å².